The van der Waals surface area contributed by atoms with Crippen LogP contribution in [0.2, 0.25) is 0 Å². The van der Waals surface area contributed by atoms with Gasteiger partial charge >= 0.3 is 0 Å². The SMILES string of the molecule is Cc1cccc(Nc2ccc(C(=O)N3CCC4(CC3)OCCO4)nn2)c1. The summed E-state index contributed by atoms with van der Waals surface area (Å²) in [5.41, 5.74) is 2.45. The van der Waals surface area contributed by atoms with E-state index in [1.807, 2.05) is 31.2 Å². The van der Waals surface area contributed by atoms with Crippen LogP contribution in [-0.2, 0) is 9.47 Å². The third-order valence-corrected chi connectivity index (χ3v) is 4.80. The number of nitrogens with one attached hydrogen (secondary N) is 1. The minimum atomic E-state index is -0.482. The van der Waals surface area contributed by atoms with E-state index in [1.165, 1.54) is 0 Å². The van der Waals surface area contributed by atoms with E-state index in [0.29, 0.717) is 50.7 Å². The molecule has 0 unspecified atom stereocenters. The number of rotatable bonds is 3. The maximum absolute atomic E-state index is 12.6. The van der Waals surface area contributed by atoms with E-state index in [1.54, 1.807) is 17.0 Å². The molecule has 0 aliphatic carbocycles. The number of carbonyl (C=O) groups excluding carboxylic acids is 1. The van der Waals surface area contributed by atoms with Crippen LogP contribution < -0.4 is 5.32 Å². The Bertz CT molecular complexity index is 778. The summed E-state index contributed by atoms with van der Waals surface area (Å²) >= 11 is 0. The molecule has 2 fully saturated rings. The number of likely N-dealkylation sites (tertiary alicyclic amines) is 1. The standard InChI is InChI=1S/C19H22N4O3/c1-14-3-2-4-15(13-14)20-17-6-5-16(21-22-17)18(24)23-9-7-19(8-10-23)25-11-12-26-19/h2-6,13H,7-12H2,1H3,(H,20,22). The minimum Gasteiger partial charge on any atom is -0.347 e. The van der Waals surface area contributed by atoms with Gasteiger partial charge in [0.25, 0.3) is 5.91 Å². The summed E-state index contributed by atoms with van der Waals surface area (Å²) in [5.74, 6) is 0.0225. The highest BCUT2D eigenvalue weighted by Crippen LogP contribution is 2.31. The molecule has 7 nitrogen and oxygen atoms in total. The number of carbonyl (C=O) groups is 1. The summed E-state index contributed by atoms with van der Waals surface area (Å²) < 4.78 is 11.4. The van der Waals surface area contributed by atoms with Crippen molar-refractivity contribution in [3.05, 3.63) is 47.7 Å². The summed E-state index contributed by atoms with van der Waals surface area (Å²) in [5, 5.41) is 11.4. The molecule has 1 aromatic heterocycles. The third-order valence-electron chi connectivity index (χ3n) is 4.80. The fraction of sp³-hybridized carbons (Fsp3) is 0.421. The predicted molar refractivity (Wildman–Crippen MR) is 96.3 cm³/mol. The molecule has 1 spiro atoms. The highest BCUT2D eigenvalue weighted by atomic mass is 16.7. The van der Waals surface area contributed by atoms with Gasteiger partial charge in [-0.1, -0.05) is 12.1 Å². The zero-order valence-electron chi connectivity index (χ0n) is 14.8. The van der Waals surface area contributed by atoms with E-state index in [9.17, 15) is 4.79 Å². The van der Waals surface area contributed by atoms with E-state index >= 15 is 0 Å². The number of anilines is 2. The van der Waals surface area contributed by atoms with Crippen molar-refractivity contribution >= 4 is 17.4 Å². The molecule has 1 N–H and O–H groups in total. The van der Waals surface area contributed by atoms with Gasteiger partial charge in [-0.25, -0.2) is 0 Å². The molecule has 2 aliphatic heterocycles. The van der Waals surface area contributed by atoms with Gasteiger partial charge in [0, 0.05) is 31.6 Å². The van der Waals surface area contributed by atoms with E-state index in [0.717, 1.165) is 11.3 Å². The first-order chi connectivity index (χ1) is 12.6. The number of nitrogens with zero attached hydrogens (tertiary/aromatic N) is 3. The topological polar surface area (TPSA) is 76.6 Å². The molecule has 2 aliphatic rings. The lowest BCUT2D eigenvalue weighted by Gasteiger charge is -2.37. The molecule has 2 saturated heterocycles. The number of aromatic nitrogens is 2. The van der Waals surface area contributed by atoms with Gasteiger partial charge in [-0.3, -0.25) is 4.79 Å². The second kappa shape index (κ2) is 7.01. The van der Waals surface area contributed by atoms with Gasteiger partial charge in [0.2, 0.25) is 0 Å². The quantitative estimate of drug-likeness (QED) is 0.913. The molecule has 26 heavy (non-hydrogen) atoms. The van der Waals surface area contributed by atoms with Crippen molar-refractivity contribution < 1.29 is 14.3 Å². The summed E-state index contributed by atoms with van der Waals surface area (Å²) in [6, 6.07) is 11.5. The van der Waals surface area contributed by atoms with Crippen molar-refractivity contribution in [3.8, 4) is 0 Å². The highest BCUT2D eigenvalue weighted by molar-refractivity contribution is 5.92. The number of hydrogen-bond donors (Lipinski definition) is 1. The van der Waals surface area contributed by atoms with Crippen LogP contribution in [0.25, 0.3) is 0 Å². The molecule has 7 heteroatoms. The molecule has 0 radical (unpaired) electrons. The van der Waals surface area contributed by atoms with Crippen LogP contribution in [0.15, 0.2) is 36.4 Å². The van der Waals surface area contributed by atoms with Crippen LogP contribution in [0.4, 0.5) is 11.5 Å². The summed E-state index contributed by atoms with van der Waals surface area (Å²) in [6.45, 7) is 4.50. The average molecular weight is 354 g/mol. The average Bonchev–Trinajstić information content (AvgIpc) is 3.11. The van der Waals surface area contributed by atoms with E-state index in [-0.39, 0.29) is 5.91 Å². The molecule has 136 valence electrons. The highest BCUT2D eigenvalue weighted by Gasteiger charge is 2.41. The molecule has 2 aromatic rings. The number of piperidine rings is 1. The Morgan fingerprint density at radius 2 is 1.88 bits per heavy atom. The van der Waals surface area contributed by atoms with E-state index in [2.05, 4.69) is 15.5 Å². The van der Waals surface area contributed by atoms with Gasteiger partial charge in [-0.2, -0.15) is 0 Å². The van der Waals surface area contributed by atoms with Crippen molar-refractivity contribution in [3.63, 3.8) is 0 Å². The molecule has 0 atom stereocenters. The Balaban J connectivity index is 1.38. The Hall–Kier alpha value is -2.51. The number of ether oxygens (including phenoxy) is 2. The molecule has 4 rings (SSSR count). The summed E-state index contributed by atoms with van der Waals surface area (Å²) in [6.07, 6.45) is 1.39. The lowest BCUT2D eigenvalue weighted by atomic mass is 10.0. The first-order valence-corrected chi connectivity index (χ1v) is 8.88. The number of amides is 1. The van der Waals surface area contributed by atoms with Crippen molar-refractivity contribution in [2.45, 2.75) is 25.6 Å². The van der Waals surface area contributed by atoms with Crippen molar-refractivity contribution in [2.75, 3.05) is 31.6 Å². The lowest BCUT2D eigenvalue weighted by Crippen LogP contribution is -2.47. The maximum Gasteiger partial charge on any atom is 0.274 e. The monoisotopic (exact) mass is 354 g/mol. The van der Waals surface area contributed by atoms with Crippen LogP contribution in [-0.4, -0.2) is 53.1 Å². The van der Waals surface area contributed by atoms with Gasteiger partial charge in [0.15, 0.2) is 17.3 Å². The number of benzene rings is 1. The first kappa shape index (κ1) is 16.9. The fourth-order valence-electron chi connectivity index (χ4n) is 3.38. The molecular weight excluding hydrogens is 332 g/mol. The second-order valence-electron chi connectivity index (χ2n) is 6.70. The van der Waals surface area contributed by atoms with Gasteiger partial charge in [-0.15, -0.1) is 10.2 Å². The zero-order chi connectivity index (χ0) is 18.0. The molecule has 0 saturated carbocycles. The van der Waals surface area contributed by atoms with Crippen molar-refractivity contribution in [1.29, 1.82) is 0 Å². The molecule has 1 aromatic carbocycles. The van der Waals surface area contributed by atoms with E-state index in [4.69, 9.17) is 9.47 Å². The molecule has 0 bridgehead atoms. The molecule has 3 heterocycles. The largest absolute Gasteiger partial charge is 0.347 e. The fourth-order valence-corrected chi connectivity index (χ4v) is 3.38. The lowest BCUT2D eigenvalue weighted by molar-refractivity contribution is -0.181. The zero-order valence-corrected chi connectivity index (χ0v) is 14.8. The number of hydrogen-bond acceptors (Lipinski definition) is 6. The van der Waals surface area contributed by atoms with Gasteiger partial charge < -0.3 is 19.7 Å². The van der Waals surface area contributed by atoms with Crippen LogP contribution >= 0.6 is 0 Å². The molecular formula is C19H22N4O3. The smallest absolute Gasteiger partial charge is 0.274 e. The van der Waals surface area contributed by atoms with Crippen LogP contribution in [0, 0.1) is 6.92 Å². The van der Waals surface area contributed by atoms with Crippen LogP contribution in [0.5, 0.6) is 0 Å². The van der Waals surface area contributed by atoms with Gasteiger partial charge in [-0.05, 0) is 36.8 Å². The van der Waals surface area contributed by atoms with Gasteiger partial charge in [0.1, 0.15) is 0 Å². The third kappa shape index (κ3) is 3.54. The Morgan fingerprint density at radius 1 is 1.12 bits per heavy atom. The first-order valence-electron chi connectivity index (χ1n) is 8.88. The Kier molecular flexibility index (Phi) is 4.57. The van der Waals surface area contributed by atoms with Crippen molar-refractivity contribution in [2.24, 2.45) is 0 Å². The maximum atomic E-state index is 12.6. The van der Waals surface area contributed by atoms with Gasteiger partial charge in [0.05, 0.1) is 13.2 Å². The number of aryl methyl sites for hydroxylation is 1. The Labute approximate surface area is 152 Å². The summed E-state index contributed by atoms with van der Waals surface area (Å²) in [7, 11) is 0. The van der Waals surface area contributed by atoms with Crippen molar-refractivity contribution in [1.82, 2.24) is 15.1 Å². The van der Waals surface area contributed by atoms with Crippen LogP contribution in [0.1, 0.15) is 28.9 Å². The normalized spacial score (nSPS) is 18.9. The molecule has 1 amide bonds. The van der Waals surface area contributed by atoms with Crippen LogP contribution in [0.3, 0.4) is 0 Å². The summed E-state index contributed by atoms with van der Waals surface area (Å²) in [4.78, 5) is 14.4. The predicted octanol–water partition coefficient (Wildman–Crippen LogP) is 2.51. The Morgan fingerprint density at radius 3 is 2.54 bits per heavy atom. The second-order valence-corrected chi connectivity index (χ2v) is 6.70. The minimum absolute atomic E-state index is 0.104. The van der Waals surface area contributed by atoms with E-state index < -0.39 is 5.79 Å².